The molecule has 0 saturated heterocycles. The minimum absolute atomic E-state index is 0.0816. The van der Waals surface area contributed by atoms with E-state index >= 15 is 0 Å². The van der Waals surface area contributed by atoms with Crippen LogP contribution in [0.15, 0.2) is 53.2 Å². The van der Waals surface area contributed by atoms with E-state index in [9.17, 15) is 10.1 Å². The molecule has 0 spiro atoms. The van der Waals surface area contributed by atoms with Crippen molar-refractivity contribution in [2.75, 3.05) is 39.0 Å². The number of hydrogen-bond acceptors (Lipinski definition) is 10. The van der Waals surface area contributed by atoms with Crippen molar-refractivity contribution in [1.82, 2.24) is 9.36 Å². The fourth-order valence-electron chi connectivity index (χ4n) is 2.76. The summed E-state index contributed by atoms with van der Waals surface area (Å²) in [5.41, 5.74) is 0.519. The summed E-state index contributed by atoms with van der Waals surface area (Å²) in [6.45, 7) is 0.573. The molecule has 9 nitrogen and oxygen atoms in total. The molecule has 0 fully saturated rings. The van der Waals surface area contributed by atoms with Crippen molar-refractivity contribution in [3.63, 3.8) is 0 Å². The van der Waals surface area contributed by atoms with Crippen LogP contribution in [0.3, 0.4) is 0 Å². The molecule has 0 aliphatic rings. The SMILES string of the molecule is COc1ccccc1OCCOc1ccc(/C=C(/C#N)C(=O)Nc2nc(SC)ns2)cc1OC. The molecular weight excluding hydrogens is 476 g/mol. The molecule has 2 aromatic carbocycles. The monoisotopic (exact) mass is 498 g/mol. The molecule has 1 amide bonds. The van der Waals surface area contributed by atoms with Crippen molar-refractivity contribution in [3.8, 4) is 29.1 Å². The standard InChI is InChI=1S/C23H22N4O5S2/c1-29-17-6-4-5-7-18(17)31-10-11-32-19-9-8-15(13-20(19)30-2)12-16(14-24)21(28)25-22-26-23(33-3)27-34-22/h4-9,12-13H,10-11H2,1-3H3,(H,25,26,27,28)/b16-12-. The van der Waals surface area contributed by atoms with Crippen LogP contribution >= 0.6 is 23.3 Å². The summed E-state index contributed by atoms with van der Waals surface area (Å²) in [6.07, 6.45) is 3.30. The fourth-order valence-corrected chi connectivity index (χ4v) is 3.88. The number of rotatable bonds is 11. The minimum Gasteiger partial charge on any atom is -0.493 e. The van der Waals surface area contributed by atoms with E-state index in [1.54, 1.807) is 25.3 Å². The molecule has 0 bridgehead atoms. The molecule has 3 aromatic rings. The lowest BCUT2D eigenvalue weighted by Crippen LogP contribution is -2.13. The molecule has 1 N–H and O–H groups in total. The second-order valence-electron chi connectivity index (χ2n) is 6.47. The van der Waals surface area contributed by atoms with Crippen LogP contribution in [-0.4, -0.2) is 49.0 Å². The molecule has 1 heterocycles. The van der Waals surface area contributed by atoms with Gasteiger partial charge in [-0.25, -0.2) is 0 Å². The molecule has 0 aliphatic heterocycles. The number of carbonyl (C=O) groups is 1. The van der Waals surface area contributed by atoms with Gasteiger partial charge in [-0.05, 0) is 42.2 Å². The van der Waals surface area contributed by atoms with Crippen LogP contribution in [0, 0.1) is 11.3 Å². The maximum absolute atomic E-state index is 12.5. The van der Waals surface area contributed by atoms with Gasteiger partial charge in [0, 0.05) is 11.5 Å². The number of nitrogens with zero attached hydrogens (tertiary/aromatic N) is 3. The van der Waals surface area contributed by atoms with Gasteiger partial charge < -0.3 is 18.9 Å². The number of anilines is 1. The number of para-hydroxylation sites is 2. The lowest BCUT2D eigenvalue weighted by Gasteiger charge is -2.13. The highest BCUT2D eigenvalue weighted by atomic mass is 32.2. The third-order valence-electron chi connectivity index (χ3n) is 4.34. The molecule has 11 heteroatoms. The van der Waals surface area contributed by atoms with E-state index in [1.807, 2.05) is 36.6 Å². The van der Waals surface area contributed by atoms with Gasteiger partial charge in [0.25, 0.3) is 5.91 Å². The van der Waals surface area contributed by atoms with Crippen molar-refractivity contribution in [3.05, 3.63) is 53.6 Å². The molecule has 0 atom stereocenters. The number of nitrogens with one attached hydrogen (secondary N) is 1. The summed E-state index contributed by atoms with van der Waals surface area (Å²) in [7, 11) is 3.09. The smallest absolute Gasteiger partial charge is 0.268 e. The zero-order valence-corrected chi connectivity index (χ0v) is 20.4. The topological polar surface area (TPSA) is 116 Å². The van der Waals surface area contributed by atoms with Crippen LogP contribution in [0.4, 0.5) is 5.13 Å². The fraction of sp³-hybridized carbons (Fsp3) is 0.217. The molecule has 176 valence electrons. The van der Waals surface area contributed by atoms with Crippen molar-refractivity contribution in [2.24, 2.45) is 0 Å². The molecule has 0 aliphatic carbocycles. The Labute approximate surface area is 205 Å². The quantitative estimate of drug-likeness (QED) is 0.179. The Morgan fingerprint density at radius 3 is 2.38 bits per heavy atom. The van der Waals surface area contributed by atoms with E-state index in [-0.39, 0.29) is 12.2 Å². The van der Waals surface area contributed by atoms with E-state index < -0.39 is 5.91 Å². The van der Waals surface area contributed by atoms with Gasteiger partial charge in [0.15, 0.2) is 23.0 Å². The van der Waals surface area contributed by atoms with Crippen molar-refractivity contribution >= 4 is 40.4 Å². The third kappa shape index (κ3) is 6.63. The van der Waals surface area contributed by atoms with E-state index in [2.05, 4.69) is 14.7 Å². The first-order valence-electron chi connectivity index (χ1n) is 9.95. The highest BCUT2D eigenvalue weighted by Gasteiger charge is 2.14. The number of amides is 1. The molecule has 0 unspecified atom stereocenters. The number of methoxy groups -OCH3 is 2. The summed E-state index contributed by atoms with van der Waals surface area (Å²) < 4.78 is 26.2. The first kappa shape index (κ1) is 24.9. The Morgan fingerprint density at radius 1 is 1.09 bits per heavy atom. The highest BCUT2D eigenvalue weighted by molar-refractivity contribution is 7.98. The van der Waals surface area contributed by atoms with E-state index in [0.717, 1.165) is 11.5 Å². The summed E-state index contributed by atoms with van der Waals surface area (Å²) in [6, 6.07) is 14.4. The molecule has 34 heavy (non-hydrogen) atoms. The predicted molar refractivity (Wildman–Crippen MR) is 131 cm³/mol. The molecule has 0 radical (unpaired) electrons. The average molecular weight is 499 g/mol. The van der Waals surface area contributed by atoms with E-state index in [4.69, 9.17) is 18.9 Å². The number of aromatic nitrogens is 2. The number of benzene rings is 2. The molecular formula is C23H22N4O5S2. The normalized spacial score (nSPS) is 10.8. The molecule has 3 rings (SSSR count). The van der Waals surface area contributed by atoms with Crippen LogP contribution in [0.25, 0.3) is 6.08 Å². The Kier molecular flexibility index (Phi) is 9.13. The van der Waals surface area contributed by atoms with Crippen LogP contribution in [0.5, 0.6) is 23.0 Å². The third-order valence-corrected chi connectivity index (χ3v) is 5.64. The summed E-state index contributed by atoms with van der Waals surface area (Å²) >= 11 is 2.41. The van der Waals surface area contributed by atoms with Gasteiger partial charge in [0.2, 0.25) is 10.3 Å². The van der Waals surface area contributed by atoms with Crippen LogP contribution < -0.4 is 24.3 Å². The Bertz CT molecular complexity index is 1210. The summed E-state index contributed by atoms with van der Waals surface area (Å²) in [5.74, 6) is 1.66. The maximum atomic E-state index is 12.5. The number of thioether (sulfide) groups is 1. The van der Waals surface area contributed by atoms with Crippen molar-refractivity contribution in [2.45, 2.75) is 5.16 Å². The predicted octanol–water partition coefficient (Wildman–Crippen LogP) is 4.28. The largest absolute Gasteiger partial charge is 0.493 e. The molecule has 1 aromatic heterocycles. The lowest BCUT2D eigenvalue weighted by molar-refractivity contribution is -0.112. The van der Waals surface area contributed by atoms with Crippen LogP contribution in [0.1, 0.15) is 5.56 Å². The number of hydrogen-bond donors (Lipinski definition) is 1. The Hall–Kier alpha value is -3.75. The van der Waals surface area contributed by atoms with E-state index in [0.29, 0.717) is 45.5 Å². The number of ether oxygens (including phenoxy) is 4. The number of carbonyl (C=O) groups excluding carboxylic acids is 1. The summed E-state index contributed by atoms with van der Waals surface area (Å²) in [4.78, 5) is 16.6. The Morgan fingerprint density at radius 2 is 1.76 bits per heavy atom. The summed E-state index contributed by atoms with van der Waals surface area (Å²) in [5, 5.41) is 12.9. The highest BCUT2D eigenvalue weighted by Crippen LogP contribution is 2.30. The van der Waals surface area contributed by atoms with Gasteiger partial charge >= 0.3 is 0 Å². The number of nitriles is 1. The van der Waals surface area contributed by atoms with Crippen molar-refractivity contribution in [1.29, 1.82) is 5.26 Å². The Balaban J connectivity index is 1.63. The van der Waals surface area contributed by atoms with Crippen LogP contribution in [0.2, 0.25) is 0 Å². The zero-order chi connectivity index (χ0) is 24.3. The van der Waals surface area contributed by atoms with Crippen LogP contribution in [-0.2, 0) is 4.79 Å². The zero-order valence-electron chi connectivity index (χ0n) is 18.7. The van der Waals surface area contributed by atoms with Gasteiger partial charge in [0.05, 0.1) is 14.2 Å². The van der Waals surface area contributed by atoms with Gasteiger partial charge in [-0.2, -0.15) is 14.6 Å². The van der Waals surface area contributed by atoms with Gasteiger partial charge in [-0.3, -0.25) is 10.1 Å². The second-order valence-corrected chi connectivity index (χ2v) is 7.99. The second kappa shape index (κ2) is 12.5. The van der Waals surface area contributed by atoms with E-state index in [1.165, 1.54) is 24.9 Å². The first-order valence-corrected chi connectivity index (χ1v) is 11.9. The van der Waals surface area contributed by atoms with Gasteiger partial charge in [-0.1, -0.05) is 30.0 Å². The van der Waals surface area contributed by atoms with Crippen molar-refractivity contribution < 1.29 is 23.7 Å². The molecule has 0 saturated carbocycles. The lowest BCUT2D eigenvalue weighted by atomic mass is 10.1. The minimum atomic E-state index is -0.570. The maximum Gasteiger partial charge on any atom is 0.268 e. The van der Waals surface area contributed by atoms with Gasteiger partial charge in [0.1, 0.15) is 24.9 Å². The van der Waals surface area contributed by atoms with Gasteiger partial charge in [-0.15, -0.1) is 0 Å². The first-order chi connectivity index (χ1) is 16.6. The average Bonchev–Trinajstić information content (AvgIpc) is 3.33.